The van der Waals surface area contributed by atoms with Crippen molar-refractivity contribution in [1.82, 2.24) is 10.2 Å². The Balaban J connectivity index is 2.12. The predicted octanol–water partition coefficient (Wildman–Crippen LogP) is 3.46. The van der Waals surface area contributed by atoms with Crippen molar-refractivity contribution in [2.24, 2.45) is 0 Å². The molecule has 0 saturated heterocycles. The van der Waals surface area contributed by atoms with E-state index in [0.29, 0.717) is 30.2 Å². The van der Waals surface area contributed by atoms with E-state index < -0.39 is 6.04 Å². The molecule has 0 heterocycles. The van der Waals surface area contributed by atoms with Crippen LogP contribution >= 0.6 is 0 Å². The first kappa shape index (κ1) is 25.0. The van der Waals surface area contributed by atoms with Crippen LogP contribution in [0.5, 0.6) is 17.2 Å². The van der Waals surface area contributed by atoms with Gasteiger partial charge in [0.05, 0.1) is 14.2 Å². The fourth-order valence-electron chi connectivity index (χ4n) is 3.13. The lowest BCUT2D eigenvalue weighted by Gasteiger charge is -2.29. The number of benzene rings is 2. The molecule has 1 N–H and O–H groups in total. The first-order valence-corrected chi connectivity index (χ1v) is 10.9. The molecule has 0 radical (unpaired) electrons. The van der Waals surface area contributed by atoms with Crippen LogP contribution in [0.4, 0.5) is 0 Å². The standard InChI is InChI=1S/C25H34N2O5/c1-6-18(2)26-25(29)19(3)27(13-12-20-10-8-7-9-11-20)24(28)17-32-23-15-21(30-4)14-22(16-23)31-5/h7-11,14-16,18-19H,6,12-13,17H2,1-5H3,(H,26,29). The third kappa shape index (κ3) is 7.48. The van der Waals surface area contributed by atoms with Crippen LogP contribution < -0.4 is 19.5 Å². The first-order valence-electron chi connectivity index (χ1n) is 10.9. The van der Waals surface area contributed by atoms with Crippen molar-refractivity contribution in [2.45, 2.75) is 45.7 Å². The van der Waals surface area contributed by atoms with E-state index in [2.05, 4.69) is 5.32 Å². The van der Waals surface area contributed by atoms with Gasteiger partial charge in [0.25, 0.3) is 5.91 Å². The van der Waals surface area contributed by atoms with Gasteiger partial charge in [-0.05, 0) is 32.3 Å². The zero-order chi connectivity index (χ0) is 23.5. The highest BCUT2D eigenvalue weighted by Gasteiger charge is 2.26. The van der Waals surface area contributed by atoms with E-state index in [1.165, 1.54) is 0 Å². The topological polar surface area (TPSA) is 77.1 Å². The highest BCUT2D eigenvalue weighted by atomic mass is 16.5. The van der Waals surface area contributed by atoms with Crippen molar-refractivity contribution in [3.63, 3.8) is 0 Å². The van der Waals surface area contributed by atoms with E-state index in [1.807, 2.05) is 44.2 Å². The van der Waals surface area contributed by atoms with Gasteiger partial charge in [0.2, 0.25) is 5.91 Å². The molecule has 0 aliphatic carbocycles. The normalized spacial score (nSPS) is 12.4. The van der Waals surface area contributed by atoms with Gasteiger partial charge < -0.3 is 24.4 Å². The summed E-state index contributed by atoms with van der Waals surface area (Å²) >= 11 is 0. The Labute approximate surface area is 190 Å². The van der Waals surface area contributed by atoms with E-state index >= 15 is 0 Å². The maximum atomic E-state index is 13.1. The molecule has 2 aromatic carbocycles. The van der Waals surface area contributed by atoms with Gasteiger partial charge in [-0.3, -0.25) is 9.59 Å². The zero-order valence-electron chi connectivity index (χ0n) is 19.6. The van der Waals surface area contributed by atoms with Crippen molar-refractivity contribution in [3.05, 3.63) is 54.1 Å². The molecular weight excluding hydrogens is 408 g/mol. The van der Waals surface area contributed by atoms with E-state index in [-0.39, 0.29) is 24.5 Å². The highest BCUT2D eigenvalue weighted by Crippen LogP contribution is 2.27. The number of hydrogen-bond acceptors (Lipinski definition) is 5. The second kappa shape index (κ2) is 12.6. The molecular formula is C25H34N2O5. The lowest BCUT2D eigenvalue weighted by molar-refractivity contribution is -0.141. The zero-order valence-corrected chi connectivity index (χ0v) is 19.6. The number of ether oxygens (including phenoxy) is 3. The summed E-state index contributed by atoms with van der Waals surface area (Å²) in [5.74, 6) is 1.13. The van der Waals surface area contributed by atoms with Crippen LogP contribution in [-0.2, 0) is 16.0 Å². The van der Waals surface area contributed by atoms with Crippen molar-refractivity contribution >= 4 is 11.8 Å². The Morgan fingerprint density at radius 2 is 1.56 bits per heavy atom. The summed E-state index contributed by atoms with van der Waals surface area (Å²) in [5, 5.41) is 2.96. The van der Waals surface area contributed by atoms with Gasteiger partial charge in [-0.2, -0.15) is 0 Å². The minimum Gasteiger partial charge on any atom is -0.496 e. The van der Waals surface area contributed by atoms with E-state index in [0.717, 1.165) is 12.0 Å². The van der Waals surface area contributed by atoms with Crippen LogP contribution in [0.15, 0.2) is 48.5 Å². The molecule has 2 amide bonds. The molecule has 0 saturated carbocycles. The minimum absolute atomic E-state index is 0.0384. The number of nitrogens with one attached hydrogen (secondary N) is 1. The smallest absolute Gasteiger partial charge is 0.261 e. The Bertz CT molecular complexity index is 850. The Kier molecular flexibility index (Phi) is 9.85. The molecule has 0 spiro atoms. The fraction of sp³-hybridized carbons (Fsp3) is 0.440. The summed E-state index contributed by atoms with van der Waals surface area (Å²) < 4.78 is 16.2. The molecule has 174 valence electrons. The molecule has 2 rings (SSSR count). The molecule has 7 nitrogen and oxygen atoms in total. The largest absolute Gasteiger partial charge is 0.496 e. The fourth-order valence-corrected chi connectivity index (χ4v) is 3.13. The molecule has 2 atom stereocenters. The van der Waals surface area contributed by atoms with E-state index in [4.69, 9.17) is 14.2 Å². The summed E-state index contributed by atoms with van der Waals surface area (Å²) in [6, 6.07) is 14.4. The van der Waals surface area contributed by atoms with Crippen molar-refractivity contribution in [1.29, 1.82) is 0 Å². The lowest BCUT2D eigenvalue weighted by atomic mass is 10.1. The van der Waals surface area contributed by atoms with Crippen LogP contribution in [0.3, 0.4) is 0 Å². The van der Waals surface area contributed by atoms with Gasteiger partial charge in [-0.1, -0.05) is 37.3 Å². The van der Waals surface area contributed by atoms with Gasteiger partial charge in [-0.15, -0.1) is 0 Å². The van der Waals surface area contributed by atoms with E-state index in [9.17, 15) is 9.59 Å². The Morgan fingerprint density at radius 3 is 2.12 bits per heavy atom. The quantitative estimate of drug-likeness (QED) is 0.545. The van der Waals surface area contributed by atoms with Gasteiger partial charge in [0.1, 0.15) is 23.3 Å². The summed E-state index contributed by atoms with van der Waals surface area (Å²) in [6.45, 7) is 5.90. The Morgan fingerprint density at radius 1 is 0.969 bits per heavy atom. The van der Waals surface area contributed by atoms with Crippen LogP contribution in [0, 0.1) is 0 Å². The van der Waals surface area contributed by atoms with Crippen LogP contribution in [0.2, 0.25) is 0 Å². The van der Waals surface area contributed by atoms with Gasteiger partial charge in [0.15, 0.2) is 6.61 Å². The molecule has 0 aliphatic rings. The maximum absolute atomic E-state index is 13.1. The number of nitrogens with zero attached hydrogens (tertiary/aromatic N) is 1. The highest BCUT2D eigenvalue weighted by molar-refractivity contribution is 5.88. The molecule has 0 aromatic heterocycles. The number of rotatable bonds is 12. The summed E-state index contributed by atoms with van der Waals surface area (Å²) in [6.07, 6.45) is 1.46. The second-order valence-corrected chi connectivity index (χ2v) is 7.65. The number of methoxy groups -OCH3 is 2. The number of amides is 2. The van der Waals surface area contributed by atoms with Crippen molar-refractivity contribution in [2.75, 3.05) is 27.4 Å². The number of carbonyl (C=O) groups excluding carboxylic acids is 2. The molecule has 2 unspecified atom stereocenters. The summed E-state index contributed by atoms with van der Waals surface area (Å²) in [7, 11) is 3.10. The maximum Gasteiger partial charge on any atom is 0.261 e. The molecule has 0 fully saturated rings. The molecule has 2 aromatic rings. The predicted molar refractivity (Wildman–Crippen MR) is 124 cm³/mol. The molecule has 0 bridgehead atoms. The summed E-state index contributed by atoms with van der Waals surface area (Å²) in [5.41, 5.74) is 1.10. The van der Waals surface area contributed by atoms with Gasteiger partial charge >= 0.3 is 0 Å². The van der Waals surface area contributed by atoms with Gasteiger partial charge in [-0.25, -0.2) is 0 Å². The average Bonchev–Trinajstić information content (AvgIpc) is 2.82. The summed E-state index contributed by atoms with van der Waals surface area (Å²) in [4.78, 5) is 27.4. The van der Waals surface area contributed by atoms with Gasteiger partial charge in [0, 0.05) is 30.8 Å². The minimum atomic E-state index is -0.622. The lowest BCUT2D eigenvalue weighted by Crippen LogP contribution is -2.51. The van der Waals surface area contributed by atoms with E-state index in [1.54, 1.807) is 44.2 Å². The van der Waals surface area contributed by atoms with Crippen LogP contribution in [0.25, 0.3) is 0 Å². The molecule has 7 heteroatoms. The van der Waals surface area contributed by atoms with Crippen molar-refractivity contribution in [3.8, 4) is 17.2 Å². The molecule has 0 aliphatic heterocycles. The third-order valence-corrected chi connectivity index (χ3v) is 5.34. The molecule has 32 heavy (non-hydrogen) atoms. The van der Waals surface area contributed by atoms with Crippen LogP contribution in [0.1, 0.15) is 32.8 Å². The SMILES string of the molecule is CCC(C)NC(=O)C(C)N(CCc1ccccc1)C(=O)COc1cc(OC)cc(OC)c1. The first-order chi connectivity index (χ1) is 15.4. The average molecular weight is 443 g/mol. The second-order valence-electron chi connectivity index (χ2n) is 7.65. The third-order valence-electron chi connectivity index (χ3n) is 5.34. The number of carbonyl (C=O) groups is 2. The Hall–Kier alpha value is -3.22. The number of hydrogen-bond donors (Lipinski definition) is 1. The van der Waals surface area contributed by atoms with Crippen LogP contribution in [-0.4, -0.2) is 56.2 Å². The van der Waals surface area contributed by atoms with Crippen molar-refractivity contribution < 1.29 is 23.8 Å². The monoisotopic (exact) mass is 442 g/mol.